The van der Waals surface area contributed by atoms with Crippen LogP contribution in [-0.4, -0.2) is 0 Å². The van der Waals surface area contributed by atoms with Gasteiger partial charge in [0.05, 0.1) is 5.56 Å². The van der Waals surface area contributed by atoms with E-state index in [1.165, 1.54) is 12.1 Å². The summed E-state index contributed by atoms with van der Waals surface area (Å²) in [7, 11) is 0. The van der Waals surface area contributed by atoms with Gasteiger partial charge in [-0.05, 0) is 17.7 Å². The summed E-state index contributed by atoms with van der Waals surface area (Å²) in [4.78, 5) is 9.83. The first-order valence-corrected chi connectivity index (χ1v) is 3.25. The second-order valence-corrected chi connectivity index (χ2v) is 2.21. The van der Waals surface area contributed by atoms with Crippen molar-refractivity contribution in [2.75, 3.05) is 0 Å². The van der Waals surface area contributed by atoms with Gasteiger partial charge in [-0.15, -0.1) is 0 Å². The number of hydrogen-bond acceptors (Lipinski definition) is 3. The smallest absolute Gasteiger partial charge is 0.140 e. The summed E-state index contributed by atoms with van der Waals surface area (Å²) in [6.07, 6.45) is 0. The molecule has 0 amide bonds. The highest BCUT2D eigenvalue weighted by Crippen LogP contribution is 2.09. The Bertz CT molecular complexity index is 343. The number of nitrogens with zero attached hydrogens (tertiary/aromatic N) is 2. The maximum atomic E-state index is 12.7. The molecule has 0 bridgehead atoms. The molecule has 1 rings (SSSR count). The van der Waals surface area contributed by atoms with Crippen LogP contribution in [0.15, 0.2) is 23.4 Å². The molecule has 0 aliphatic heterocycles. The standard InChI is InChI=1S/C8H5FN2O/c9-8-2-1-6(5-11-12)3-7(8)4-10/h1-3H,5H2. The highest BCUT2D eigenvalue weighted by Gasteiger charge is 2.01. The number of nitriles is 1. The fourth-order valence-corrected chi connectivity index (χ4v) is 0.831. The molecule has 0 N–H and O–H groups in total. The molecule has 0 aromatic heterocycles. The maximum Gasteiger partial charge on any atom is 0.140 e. The lowest BCUT2D eigenvalue weighted by Crippen LogP contribution is -1.87. The molecule has 0 radical (unpaired) electrons. The van der Waals surface area contributed by atoms with Gasteiger partial charge in [-0.3, -0.25) is 0 Å². The van der Waals surface area contributed by atoms with Crippen LogP contribution in [0.5, 0.6) is 0 Å². The molecule has 1 aromatic carbocycles. The van der Waals surface area contributed by atoms with Gasteiger partial charge in [0.1, 0.15) is 18.4 Å². The van der Waals surface area contributed by atoms with Gasteiger partial charge in [0.15, 0.2) is 0 Å². The Morgan fingerprint density at radius 2 is 2.33 bits per heavy atom. The highest BCUT2D eigenvalue weighted by atomic mass is 19.1. The van der Waals surface area contributed by atoms with E-state index in [1.54, 1.807) is 6.07 Å². The Morgan fingerprint density at radius 3 is 2.92 bits per heavy atom. The number of rotatable bonds is 2. The van der Waals surface area contributed by atoms with Crippen LogP contribution in [0.3, 0.4) is 0 Å². The third kappa shape index (κ3) is 1.64. The molecule has 60 valence electrons. The third-order valence-corrected chi connectivity index (χ3v) is 1.40. The molecule has 0 unspecified atom stereocenters. The van der Waals surface area contributed by atoms with Gasteiger partial charge in [0.2, 0.25) is 0 Å². The average molecular weight is 164 g/mol. The Morgan fingerprint density at radius 1 is 1.58 bits per heavy atom. The number of benzene rings is 1. The second-order valence-electron chi connectivity index (χ2n) is 2.21. The average Bonchev–Trinajstić information content (AvgIpc) is 2.09. The lowest BCUT2D eigenvalue weighted by molar-refractivity contribution is 0.623. The van der Waals surface area contributed by atoms with E-state index in [0.29, 0.717) is 5.56 Å². The van der Waals surface area contributed by atoms with Gasteiger partial charge in [-0.25, -0.2) is 4.39 Å². The Kier molecular flexibility index (Phi) is 2.49. The number of hydrogen-bond donors (Lipinski definition) is 0. The summed E-state index contributed by atoms with van der Waals surface area (Å²) in [5.74, 6) is -0.577. The first-order valence-electron chi connectivity index (χ1n) is 3.25. The van der Waals surface area contributed by atoms with Crippen molar-refractivity contribution >= 4 is 0 Å². The van der Waals surface area contributed by atoms with Gasteiger partial charge in [-0.2, -0.15) is 10.2 Å². The lowest BCUT2D eigenvalue weighted by atomic mass is 10.1. The van der Waals surface area contributed by atoms with Crippen molar-refractivity contribution in [1.82, 2.24) is 0 Å². The van der Waals surface area contributed by atoms with E-state index in [9.17, 15) is 9.30 Å². The van der Waals surface area contributed by atoms with Crippen molar-refractivity contribution in [3.05, 3.63) is 40.1 Å². The third-order valence-electron chi connectivity index (χ3n) is 1.40. The monoisotopic (exact) mass is 164 g/mol. The van der Waals surface area contributed by atoms with E-state index in [4.69, 9.17) is 5.26 Å². The molecule has 3 nitrogen and oxygen atoms in total. The van der Waals surface area contributed by atoms with Gasteiger partial charge in [-0.1, -0.05) is 11.2 Å². The predicted molar refractivity (Wildman–Crippen MR) is 40.6 cm³/mol. The zero-order valence-corrected chi connectivity index (χ0v) is 6.12. The molecule has 0 saturated heterocycles. The van der Waals surface area contributed by atoms with Crippen LogP contribution in [0, 0.1) is 22.1 Å². The van der Waals surface area contributed by atoms with Crippen molar-refractivity contribution in [3.63, 3.8) is 0 Å². The highest BCUT2D eigenvalue weighted by molar-refractivity contribution is 5.34. The van der Waals surface area contributed by atoms with E-state index in [1.807, 2.05) is 0 Å². The fraction of sp³-hybridized carbons (Fsp3) is 0.125. The molecule has 0 aliphatic carbocycles. The normalized spacial score (nSPS) is 9.00. The molecular formula is C8H5FN2O. The van der Waals surface area contributed by atoms with Crippen LogP contribution in [0.25, 0.3) is 0 Å². The fourth-order valence-electron chi connectivity index (χ4n) is 0.831. The summed E-state index contributed by atoms with van der Waals surface area (Å²) in [5.41, 5.74) is 0.485. The van der Waals surface area contributed by atoms with Crippen LogP contribution in [-0.2, 0) is 6.54 Å². The van der Waals surface area contributed by atoms with Gasteiger partial charge < -0.3 is 0 Å². The zero-order valence-electron chi connectivity index (χ0n) is 6.12. The SMILES string of the molecule is N#Cc1cc(CN=O)ccc1F. The van der Waals surface area contributed by atoms with Crippen molar-refractivity contribution in [2.24, 2.45) is 5.18 Å². The molecule has 0 atom stereocenters. The largest absolute Gasteiger partial charge is 0.206 e. The first kappa shape index (κ1) is 8.34. The lowest BCUT2D eigenvalue weighted by Gasteiger charge is -1.95. The van der Waals surface area contributed by atoms with Crippen LogP contribution in [0.4, 0.5) is 4.39 Å². The number of halogens is 1. The van der Waals surface area contributed by atoms with Crippen LogP contribution in [0.2, 0.25) is 0 Å². The molecule has 0 heterocycles. The minimum absolute atomic E-state index is 0.0328. The second kappa shape index (κ2) is 3.58. The maximum absolute atomic E-state index is 12.7. The molecule has 0 saturated carbocycles. The topological polar surface area (TPSA) is 53.2 Å². The van der Waals surface area contributed by atoms with Crippen LogP contribution >= 0.6 is 0 Å². The molecule has 0 fully saturated rings. The van der Waals surface area contributed by atoms with E-state index in [2.05, 4.69) is 5.18 Å². The van der Waals surface area contributed by atoms with Gasteiger partial charge >= 0.3 is 0 Å². The van der Waals surface area contributed by atoms with Crippen LogP contribution < -0.4 is 0 Å². The van der Waals surface area contributed by atoms with E-state index in [0.717, 1.165) is 6.07 Å². The predicted octanol–water partition coefficient (Wildman–Crippen LogP) is 1.96. The van der Waals surface area contributed by atoms with Crippen molar-refractivity contribution in [3.8, 4) is 6.07 Å². The van der Waals surface area contributed by atoms with Crippen molar-refractivity contribution < 1.29 is 4.39 Å². The Balaban J connectivity index is 3.07. The molecule has 12 heavy (non-hydrogen) atoms. The van der Waals surface area contributed by atoms with Crippen LogP contribution in [0.1, 0.15) is 11.1 Å². The molecule has 0 aliphatic rings. The summed E-state index contributed by atoms with van der Waals surface area (Å²) < 4.78 is 12.7. The quantitative estimate of drug-likeness (QED) is 0.627. The van der Waals surface area contributed by atoms with Gasteiger partial charge in [0.25, 0.3) is 0 Å². The molecule has 0 spiro atoms. The Labute approximate surface area is 68.4 Å². The van der Waals surface area contributed by atoms with Crippen molar-refractivity contribution in [2.45, 2.75) is 6.54 Å². The van der Waals surface area contributed by atoms with E-state index >= 15 is 0 Å². The minimum atomic E-state index is -0.577. The Hall–Kier alpha value is -1.76. The molecule has 1 aromatic rings. The number of nitroso groups, excluding NO2 is 1. The molecule has 4 heteroatoms. The molecular weight excluding hydrogens is 159 g/mol. The summed E-state index contributed by atoms with van der Waals surface area (Å²) in [6.45, 7) is -0.0328. The van der Waals surface area contributed by atoms with E-state index in [-0.39, 0.29) is 12.1 Å². The van der Waals surface area contributed by atoms with E-state index < -0.39 is 5.82 Å². The van der Waals surface area contributed by atoms with Gasteiger partial charge in [0, 0.05) is 0 Å². The zero-order chi connectivity index (χ0) is 8.97. The van der Waals surface area contributed by atoms with Crippen molar-refractivity contribution in [1.29, 1.82) is 5.26 Å². The summed E-state index contributed by atoms with van der Waals surface area (Å²) in [5, 5.41) is 11.0. The summed E-state index contributed by atoms with van der Waals surface area (Å²) in [6, 6.07) is 5.57. The summed E-state index contributed by atoms with van der Waals surface area (Å²) >= 11 is 0. The first-order chi connectivity index (χ1) is 5.77. The minimum Gasteiger partial charge on any atom is -0.206 e.